The van der Waals surface area contributed by atoms with Crippen LogP contribution >= 0.6 is 24.6 Å². The van der Waals surface area contributed by atoms with Crippen molar-refractivity contribution in [3.05, 3.63) is 70.5 Å². The van der Waals surface area contributed by atoms with Crippen LogP contribution in [0.2, 0.25) is 0 Å². The summed E-state index contributed by atoms with van der Waals surface area (Å²) in [7, 11) is 0. The fourth-order valence-electron chi connectivity index (χ4n) is 5.18. The summed E-state index contributed by atoms with van der Waals surface area (Å²) in [5.74, 6) is -1.59. The lowest BCUT2D eigenvalue weighted by Crippen LogP contribution is -2.41. The molecule has 46 heavy (non-hydrogen) atoms. The van der Waals surface area contributed by atoms with E-state index in [0.29, 0.717) is 74.8 Å². The lowest BCUT2D eigenvalue weighted by atomic mass is 9.68. The molecule has 0 heterocycles. The van der Waals surface area contributed by atoms with E-state index in [2.05, 4.69) is 0 Å². The Hall–Kier alpha value is -1.63. The predicted octanol–water partition coefficient (Wildman–Crippen LogP) is 10.00. The van der Waals surface area contributed by atoms with Crippen LogP contribution < -0.4 is 0 Å². The first-order valence-corrected chi connectivity index (χ1v) is 16.0. The summed E-state index contributed by atoms with van der Waals surface area (Å²) in [6.45, 7) is 6.15. The van der Waals surface area contributed by atoms with Gasteiger partial charge in [-0.1, -0.05) is 26.0 Å². The van der Waals surface area contributed by atoms with Crippen molar-refractivity contribution >= 4 is 24.6 Å². The highest BCUT2D eigenvalue weighted by atomic mass is 32.2. The van der Waals surface area contributed by atoms with E-state index in [1.54, 1.807) is 12.1 Å². The van der Waals surface area contributed by atoms with Crippen molar-refractivity contribution in [2.24, 2.45) is 11.8 Å². The summed E-state index contributed by atoms with van der Waals surface area (Å²) in [4.78, 5) is 9.94. The molecule has 1 saturated carbocycles. The van der Waals surface area contributed by atoms with Gasteiger partial charge in [-0.05, 0) is 85.9 Å². The first kappa shape index (κ1) is 38.8. The molecule has 3 rings (SSSR count). The lowest BCUT2D eigenvalue weighted by molar-refractivity contribution is -0.197. The van der Waals surface area contributed by atoms with Crippen molar-refractivity contribution in [3.63, 3.8) is 0 Å². The first-order chi connectivity index (χ1) is 21.8. The van der Waals surface area contributed by atoms with Gasteiger partial charge in [0, 0.05) is 5.92 Å². The molecule has 1 aliphatic rings. The maximum Gasteiger partial charge on any atom is 0.416 e. The van der Waals surface area contributed by atoms with Crippen molar-refractivity contribution in [2.75, 3.05) is 26.4 Å². The largest absolute Gasteiger partial charge is 0.416 e. The van der Waals surface area contributed by atoms with Crippen LogP contribution in [0.25, 0.3) is 0 Å². The molecule has 1 fully saturated rings. The molecule has 260 valence electrons. The average molecular weight is 707 g/mol. The molecule has 0 radical (unpaired) electrons. The van der Waals surface area contributed by atoms with Gasteiger partial charge in [-0.3, -0.25) is 8.37 Å². The molecule has 7 nitrogen and oxygen atoms in total. The molecule has 0 saturated heterocycles. The number of halogens is 7. The van der Waals surface area contributed by atoms with Gasteiger partial charge < -0.3 is 4.74 Å². The summed E-state index contributed by atoms with van der Waals surface area (Å²) < 4.78 is 123. The van der Waals surface area contributed by atoms with Gasteiger partial charge in [-0.15, -0.1) is 8.67 Å². The molecule has 16 heteroatoms. The highest BCUT2D eigenvalue weighted by molar-refractivity contribution is 7.89. The summed E-state index contributed by atoms with van der Waals surface area (Å²) in [6, 6.07) is 7.06. The molecule has 5 atom stereocenters. The fraction of sp³-hybridized carbons (Fsp3) is 0.600. The van der Waals surface area contributed by atoms with Crippen molar-refractivity contribution in [1.82, 2.24) is 0 Å². The number of hydrogen-bond acceptors (Lipinski definition) is 9. The molecule has 1 aliphatic carbocycles. The lowest BCUT2D eigenvalue weighted by Gasteiger charge is -2.43. The van der Waals surface area contributed by atoms with Gasteiger partial charge in [-0.2, -0.15) is 26.3 Å². The summed E-state index contributed by atoms with van der Waals surface area (Å²) >= 11 is 1.28. The number of rotatable bonds is 18. The Morgan fingerprint density at radius 3 is 1.85 bits per heavy atom. The molecular weight excluding hydrogens is 669 g/mol. The van der Waals surface area contributed by atoms with Gasteiger partial charge in [0.1, 0.15) is 5.82 Å². The number of benzene rings is 2. The van der Waals surface area contributed by atoms with E-state index in [0.717, 1.165) is 6.42 Å². The average Bonchev–Trinajstić information content (AvgIpc) is 3.00. The van der Waals surface area contributed by atoms with Gasteiger partial charge in [0.05, 0.1) is 49.8 Å². The second-order valence-corrected chi connectivity index (χ2v) is 11.7. The Morgan fingerprint density at radius 2 is 1.33 bits per heavy atom. The van der Waals surface area contributed by atoms with Crippen LogP contribution in [0.15, 0.2) is 42.5 Å². The normalized spacial score (nSPS) is 21.4. The highest BCUT2D eigenvalue weighted by Crippen LogP contribution is 2.46. The van der Waals surface area contributed by atoms with E-state index in [4.69, 9.17) is 31.5 Å². The van der Waals surface area contributed by atoms with Crippen LogP contribution in [0.5, 0.6) is 0 Å². The molecule has 0 unspecified atom stereocenters. The van der Waals surface area contributed by atoms with Crippen molar-refractivity contribution in [3.8, 4) is 0 Å². The molecule has 0 aromatic heterocycles. The topological polar surface area (TPSA) is 64.6 Å². The zero-order chi connectivity index (χ0) is 33.7. The monoisotopic (exact) mass is 706 g/mol. The van der Waals surface area contributed by atoms with E-state index >= 15 is 0 Å². The Labute approximate surface area is 272 Å². The number of ether oxygens (including phenoxy) is 1. The van der Waals surface area contributed by atoms with E-state index in [1.165, 1.54) is 19.1 Å². The number of alkyl halides is 6. The maximum atomic E-state index is 13.9. The molecule has 0 spiro atoms. The summed E-state index contributed by atoms with van der Waals surface area (Å²) in [5, 5.41) is 0. The second-order valence-electron chi connectivity index (χ2n) is 10.7. The Bertz CT molecular complexity index is 1140. The zero-order valence-electron chi connectivity index (χ0n) is 25.4. The van der Waals surface area contributed by atoms with Gasteiger partial charge in [0.25, 0.3) is 0 Å². The minimum Gasteiger partial charge on any atom is -0.370 e. The third kappa shape index (κ3) is 12.1. The van der Waals surface area contributed by atoms with Crippen LogP contribution in [0.4, 0.5) is 30.7 Å². The third-order valence-corrected chi connectivity index (χ3v) is 8.14. The van der Waals surface area contributed by atoms with Gasteiger partial charge in [0.15, 0.2) is 24.6 Å². The molecule has 0 amide bonds. The maximum absolute atomic E-state index is 13.9. The SMILES string of the molecule is CCCOOSOC[C@H]1CC[C@H](O[C@H](C)c2cc(C(F)(F)F)cc(C(F)(F)F)c2)[C@@H](c2ccc(F)cc2)[C@@H]1COSOOCCC. The quantitative estimate of drug-likeness (QED) is 0.0496. The minimum absolute atomic E-state index is 0.0596. The smallest absolute Gasteiger partial charge is 0.370 e. The number of hydrogen-bond donors (Lipinski definition) is 0. The first-order valence-electron chi connectivity index (χ1n) is 14.7. The van der Waals surface area contributed by atoms with Gasteiger partial charge in [0.2, 0.25) is 0 Å². The third-order valence-electron chi connectivity index (χ3n) is 7.37. The van der Waals surface area contributed by atoms with E-state index in [-0.39, 0.29) is 36.7 Å². The van der Waals surface area contributed by atoms with Crippen LogP contribution in [0, 0.1) is 17.7 Å². The fourth-order valence-corrected chi connectivity index (χ4v) is 5.91. The predicted molar refractivity (Wildman–Crippen MR) is 157 cm³/mol. The molecule has 2 aromatic rings. The van der Waals surface area contributed by atoms with Crippen LogP contribution in [0.1, 0.15) is 80.7 Å². The van der Waals surface area contributed by atoms with E-state index in [9.17, 15) is 30.7 Å². The second kappa shape index (κ2) is 18.8. The van der Waals surface area contributed by atoms with E-state index in [1.807, 2.05) is 13.8 Å². The molecular formula is C30H37F7O7S2. The summed E-state index contributed by atoms with van der Waals surface area (Å²) in [6.07, 6.45) is -9.56. The Kier molecular flexibility index (Phi) is 15.9. The van der Waals surface area contributed by atoms with Crippen molar-refractivity contribution in [1.29, 1.82) is 0 Å². The van der Waals surface area contributed by atoms with Crippen LogP contribution in [-0.2, 0) is 43.9 Å². The van der Waals surface area contributed by atoms with Crippen molar-refractivity contribution in [2.45, 2.75) is 76.9 Å². The molecule has 0 bridgehead atoms. The minimum atomic E-state index is -5.00. The molecule has 0 N–H and O–H groups in total. The van der Waals surface area contributed by atoms with Gasteiger partial charge >= 0.3 is 12.4 Å². The van der Waals surface area contributed by atoms with Crippen LogP contribution in [-0.4, -0.2) is 32.5 Å². The van der Waals surface area contributed by atoms with Crippen molar-refractivity contribution < 1.29 is 62.3 Å². The zero-order valence-corrected chi connectivity index (χ0v) is 27.0. The Morgan fingerprint density at radius 1 is 0.783 bits per heavy atom. The van der Waals surface area contributed by atoms with Gasteiger partial charge in [-0.25, -0.2) is 14.2 Å². The van der Waals surface area contributed by atoms with Crippen LogP contribution in [0.3, 0.4) is 0 Å². The Balaban J connectivity index is 1.90. The molecule has 2 aromatic carbocycles. The van der Waals surface area contributed by atoms with E-state index < -0.39 is 47.4 Å². The summed E-state index contributed by atoms with van der Waals surface area (Å²) in [5.41, 5.74) is -2.50. The molecule has 0 aliphatic heterocycles. The highest BCUT2D eigenvalue weighted by Gasteiger charge is 2.43. The standard InChI is InChI=1S/C30H37F7O7S2/c1-4-12-38-43-45-40-17-21-8-11-27(42-19(3)22-14-23(29(32,33)34)16-24(15-22)30(35,36)37)28(20-6-9-25(31)10-7-20)26(21)18-41-46-44-39-13-5-2/h6-7,9-10,14-16,19,21,26-28H,4-5,8,11-13,17-18H2,1-3H3/t19-,21-,26-,27+,28+/m1/s1.